The molecule has 2 amide bonds. The summed E-state index contributed by atoms with van der Waals surface area (Å²) < 4.78 is 5.56. The van der Waals surface area contributed by atoms with Gasteiger partial charge in [0, 0.05) is 51.4 Å². The van der Waals surface area contributed by atoms with Crippen molar-refractivity contribution in [2.45, 2.75) is 13.0 Å². The molecule has 0 aliphatic carbocycles. The maximum atomic E-state index is 12.4. The molecule has 25 heavy (non-hydrogen) atoms. The molecule has 0 aromatic heterocycles. The summed E-state index contributed by atoms with van der Waals surface area (Å²) in [6.45, 7) is 5.86. The van der Waals surface area contributed by atoms with Crippen molar-refractivity contribution in [2.75, 3.05) is 51.6 Å². The van der Waals surface area contributed by atoms with Gasteiger partial charge in [-0.25, -0.2) is 0 Å². The average molecular weight is 361 g/mol. The third-order valence-corrected chi connectivity index (χ3v) is 5.95. The van der Waals surface area contributed by atoms with Crippen molar-refractivity contribution >= 4 is 22.9 Å². The molecular weight excluding hydrogens is 338 g/mol. The molecule has 0 atom stereocenters. The molecule has 4 rings (SSSR count). The van der Waals surface area contributed by atoms with Crippen LogP contribution >= 0.6 is 11.8 Å². The number of ether oxygens (including phenoxy) is 1. The van der Waals surface area contributed by atoms with E-state index in [1.165, 1.54) is 22.9 Å². The monoisotopic (exact) mass is 361 g/mol. The maximum absolute atomic E-state index is 12.4. The molecular formula is C18H23N3O3S. The Morgan fingerprint density at radius 3 is 2.76 bits per heavy atom. The number of piperazine rings is 1. The number of hydrogen-bond donors (Lipinski definition) is 0. The zero-order valence-corrected chi connectivity index (χ0v) is 15.1. The van der Waals surface area contributed by atoms with Crippen LogP contribution in [-0.2, 0) is 17.8 Å². The first-order valence-electron chi connectivity index (χ1n) is 8.85. The van der Waals surface area contributed by atoms with E-state index in [4.69, 9.17) is 4.74 Å². The molecule has 134 valence electrons. The second kappa shape index (κ2) is 7.25. The Morgan fingerprint density at radius 2 is 2.00 bits per heavy atom. The number of rotatable bonds is 4. The van der Waals surface area contributed by atoms with Crippen molar-refractivity contribution in [1.82, 2.24) is 14.7 Å². The number of thioether (sulfide) groups is 1. The molecule has 1 aromatic carbocycles. The largest absolute Gasteiger partial charge is 0.493 e. The van der Waals surface area contributed by atoms with E-state index >= 15 is 0 Å². The van der Waals surface area contributed by atoms with Crippen LogP contribution in [0.15, 0.2) is 18.2 Å². The van der Waals surface area contributed by atoms with Crippen LogP contribution in [0.4, 0.5) is 4.79 Å². The zero-order chi connectivity index (χ0) is 17.2. The highest BCUT2D eigenvalue weighted by Gasteiger charge is 2.27. The van der Waals surface area contributed by atoms with E-state index in [1.54, 1.807) is 4.90 Å². The lowest BCUT2D eigenvalue weighted by atomic mass is 10.1. The number of hydrogen-bond acceptors (Lipinski definition) is 5. The zero-order valence-electron chi connectivity index (χ0n) is 14.3. The first-order chi connectivity index (χ1) is 12.2. The molecule has 3 heterocycles. The summed E-state index contributed by atoms with van der Waals surface area (Å²) in [6, 6.07) is 6.46. The van der Waals surface area contributed by atoms with Crippen LogP contribution in [0.2, 0.25) is 0 Å². The fraction of sp³-hybridized carbons (Fsp3) is 0.556. The number of carbonyl (C=O) groups is 2. The van der Waals surface area contributed by atoms with Crippen molar-refractivity contribution in [1.29, 1.82) is 0 Å². The van der Waals surface area contributed by atoms with E-state index in [2.05, 4.69) is 23.1 Å². The Balaban J connectivity index is 1.26. The summed E-state index contributed by atoms with van der Waals surface area (Å²) in [6.07, 6.45) is 0.999. The lowest BCUT2D eigenvalue weighted by Gasteiger charge is -2.35. The second-order valence-electron chi connectivity index (χ2n) is 6.73. The van der Waals surface area contributed by atoms with Gasteiger partial charge in [-0.05, 0) is 17.2 Å². The Hall–Kier alpha value is -1.73. The summed E-state index contributed by atoms with van der Waals surface area (Å²) in [5.41, 5.74) is 2.61. The van der Waals surface area contributed by atoms with Crippen LogP contribution < -0.4 is 4.74 Å². The fourth-order valence-electron chi connectivity index (χ4n) is 3.58. The molecule has 0 saturated carbocycles. The fourth-order valence-corrected chi connectivity index (χ4v) is 4.41. The van der Waals surface area contributed by atoms with Gasteiger partial charge < -0.3 is 14.5 Å². The van der Waals surface area contributed by atoms with Gasteiger partial charge in [0.05, 0.1) is 6.61 Å². The van der Waals surface area contributed by atoms with E-state index in [1.807, 2.05) is 4.90 Å². The standard InChI is InChI=1S/C18H23N3O3S/c22-17(13-21-8-10-25-18(21)23)20-6-4-19(5-7-20)12-14-1-2-16-15(11-14)3-9-24-16/h1-2,11H,3-10,12-13H2. The Labute approximate surface area is 152 Å². The van der Waals surface area contributed by atoms with Gasteiger partial charge >= 0.3 is 0 Å². The summed E-state index contributed by atoms with van der Waals surface area (Å²) >= 11 is 1.30. The SMILES string of the molecule is O=C(CN1CCSC1=O)N1CCN(Cc2ccc3c(c2)CCO3)CC1. The summed E-state index contributed by atoms with van der Waals surface area (Å²) in [4.78, 5) is 30.0. The number of carbonyl (C=O) groups excluding carboxylic acids is 2. The van der Waals surface area contributed by atoms with Gasteiger partial charge in [-0.3, -0.25) is 14.5 Å². The van der Waals surface area contributed by atoms with Crippen LogP contribution in [-0.4, -0.2) is 77.5 Å². The van der Waals surface area contributed by atoms with Gasteiger partial charge in [0.15, 0.2) is 0 Å². The number of benzene rings is 1. The Bertz CT molecular complexity index is 674. The number of nitrogens with zero attached hydrogens (tertiary/aromatic N) is 3. The van der Waals surface area contributed by atoms with E-state index < -0.39 is 0 Å². The van der Waals surface area contributed by atoms with Crippen molar-refractivity contribution in [3.05, 3.63) is 29.3 Å². The van der Waals surface area contributed by atoms with Gasteiger partial charge in [-0.15, -0.1) is 0 Å². The quantitative estimate of drug-likeness (QED) is 0.812. The van der Waals surface area contributed by atoms with Gasteiger partial charge in [-0.1, -0.05) is 23.9 Å². The van der Waals surface area contributed by atoms with Gasteiger partial charge in [0.2, 0.25) is 5.91 Å². The first-order valence-corrected chi connectivity index (χ1v) is 9.84. The van der Waals surface area contributed by atoms with Gasteiger partial charge in [-0.2, -0.15) is 0 Å². The highest BCUT2D eigenvalue weighted by Crippen LogP contribution is 2.26. The minimum absolute atomic E-state index is 0.0348. The molecule has 6 nitrogen and oxygen atoms in total. The lowest BCUT2D eigenvalue weighted by molar-refractivity contribution is -0.133. The topological polar surface area (TPSA) is 53.1 Å². The van der Waals surface area contributed by atoms with Crippen molar-refractivity contribution < 1.29 is 14.3 Å². The van der Waals surface area contributed by atoms with Crippen LogP contribution in [0.25, 0.3) is 0 Å². The molecule has 0 unspecified atom stereocenters. The van der Waals surface area contributed by atoms with Crippen molar-refractivity contribution in [3.8, 4) is 5.75 Å². The Kier molecular flexibility index (Phi) is 4.85. The molecule has 2 saturated heterocycles. The highest BCUT2D eigenvalue weighted by atomic mass is 32.2. The molecule has 2 fully saturated rings. The first kappa shape index (κ1) is 16.7. The summed E-state index contributed by atoms with van der Waals surface area (Å²) in [5, 5.41) is 0.0348. The van der Waals surface area contributed by atoms with Crippen LogP contribution in [0, 0.1) is 0 Å². The normalized spacial score (nSPS) is 20.7. The molecule has 3 aliphatic heterocycles. The molecule has 3 aliphatic rings. The van der Waals surface area contributed by atoms with E-state index in [9.17, 15) is 9.59 Å². The molecule has 0 N–H and O–H groups in total. The summed E-state index contributed by atoms with van der Waals surface area (Å²) in [5.74, 6) is 1.89. The third kappa shape index (κ3) is 3.77. The highest BCUT2D eigenvalue weighted by molar-refractivity contribution is 8.13. The van der Waals surface area contributed by atoms with E-state index in [-0.39, 0.29) is 17.7 Å². The number of amides is 2. The molecule has 0 bridgehead atoms. The van der Waals surface area contributed by atoms with Crippen molar-refractivity contribution in [3.63, 3.8) is 0 Å². The summed E-state index contributed by atoms with van der Waals surface area (Å²) in [7, 11) is 0. The Morgan fingerprint density at radius 1 is 1.16 bits per heavy atom. The van der Waals surface area contributed by atoms with Crippen LogP contribution in [0.5, 0.6) is 5.75 Å². The lowest BCUT2D eigenvalue weighted by Crippen LogP contribution is -2.50. The molecule has 1 aromatic rings. The minimum atomic E-state index is 0.0348. The minimum Gasteiger partial charge on any atom is -0.493 e. The van der Waals surface area contributed by atoms with Gasteiger partial charge in [0.25, 0.3) is 5.24 Å². The van der Waals surface area contributed by atoms with Crippen LogP contribution in [0.3, 0.4) is 0 Å². The molecule has 0 spiro atoms. The van der Waals surface area contributed by atoms with Gasteiger partial charge in [0.1, 0.15) is 12.3 Å². The van der Waals surface area contributed by atoms with E-state index in [0.29, 0.717) is 6.54 Å². The van der Waals surface area contributed by atoms with Crippen molar-refractivity contribution in [2.24, 2.45) is 0 Å². The van der Waals surface area contributed by atoms with Crippen LogP contribution in [0.1, 0.15) is 11.1 Å². The molecule has 7 heteroatoms. The molecule has 0 radical (unpaired) electrons. The smallest absolute Gasteiger partial charge is 0.282 e. The predicted octanol–water partition coefficient (Wildman–Crippen LogP) is 1.43. The average Bonchev–Trinajstić information content (AvgIpc) is 3.24. The third-order valence-electron chi connectivity index (χ3n) is 5.06. The second-order valence-corrected chi connectivity index (χ2v) is 7.78. The predicted molar refractivity (Wildman–Crippen MR) is 96.9 cm³/mol. The number of fused-ring (bicyclic) bond motifs is 1. The maximum Gasteiger partial charge on any atom is 0.282 e. The van der Waals surface area contributed by atoms with E-state index in [0.717, 1.165) is 57.3 Å².